The molecule has 1 aliphatic heterocycles. The lowest BCUT2D eigenvalue weighted by atomic mass is 9.91. The molecule has 0 amide bonds. The maximum Gasteiger partial charge on any atom is 0.253 e. The van der Waals surface area contributed by atoms with Gasteiger partial charge in [0.05, 0.1) is 25.3 Å². The van der Waals surface area contributed by atoms with Gasteiger partial charge >= 0.3 is 0 Å². The summed E-state index contributed by atoms with van der Waals surface area (Å²) in [6, 6.07) is 3.78. The Hall–Kier alpha value is -2.74. The van der Waals surface area contributed by atoms with Gasteiger partial charge in [0.1, 0.15) is 5.56 Å². The van der Waals surface area contributed by atoms with Crippen LogP contribution in [0.4, 0.5) is 0 Å². The van der Waals surface area contributed by atoms with Crippen LogP contribution in [0.15, 0.2) is 28.9 Å². The minimum atomic E-state index is -0.135. The zero-order valence-corrected chi connectivity index (χ0v) is 15.0. The predicted octanol–water partition coefficient (Wildman–Crippen LogP) is 2.82. The summed E-state index contributed by atoms with van der Waals surface area (Å²) in [5.74, 6) is 1.44. The Morgan fingerprint density at radius 2 is 2.15 bits per heavy atom. The lowest BCUT2D eigenvalue weighted by Gasteiger charge is -2.28. The first-order valence-corrected chi connectivity index (χ1v) is 8.61. The predicted molar refractivity (Wildman–Crippen MR) is 92.7 cm³/mol. The van der Waals surface area contributed by atoms with Crippen molar-refractivity contribution < 1.29 is 13.9 Å². The molecule has 0 saturated carbocycles. The van der Waals surface area contributed by atoms with E-state index < -0.39 is 0 Å². The van der Waals surface area contributed by atoms with Crippen molar-refractivity contribution in [1.82, 2.24) is 25.0 Å². The van der Waals surface area contributed by atoms with E-state index in [0.29, 0.717) is 29.8 Å². The van der Waals surface area contributed by atoms with Gasteiger partial charge in [0, 0.05) is 31.1 Å². The van der Waals surface area contributed by atoms with Crippen molar-refractivity contribution in [1.29, 1.82) is 0 Å². The summed E-state index contributed by atoms with van der Waals surface area (Å²) in [6.07, 6.45) is 5.53. The second kappa shape index (κ2) is 6.87. The monoisotopic (exact) mass is 355 g/mol. The molecule has 1 aliphatic rings. The second-order valence-corrected chi connectivity index (χ2v) is 6.44. The van der Waals surface area contributed by atoms with Gasteiger partial charge in [0.25, 0.3) is 5.89 Å². The minimum absolute atomic E-state index is 0.00129. The molecule has 0 N–H and O–H groups in total. The quantitative estimate of drug-likeness (QED) is 0.711. The molecule has 0 radical (unpaired) electrons. The Morgan fingerprint density at radius 3 is 2.92 bits per heavy atom. The van der Waals surface area contributed by atoms with Crippen molar-refractivity contribution in [2.45, 2.75) is 31.8 Å². The topological polar surface area (TPSA) is 88.1 Å². The molecule has 1 fully saturated rings. The molecule has 26 heavy (non-hydrogen) atoms. The molecule has 4 rings (SSSR count). The summed E-state index contributed by atoms with van der Waals surface area (Å²) < 4.78 is 19.1. The van der Waals surface area contributed by atoms with Crippen LogP contribution >= 0.6 is 0 Å². The Bertz CT molecular complexity index is 904. The van der Waals surface area contributed by atoms with E-state index in [9.17, 15) is 0 Å². The Balaban J connectivity index is 1.66. The number of aromatic nitrogens is 5. The molecular formula is C18H21N5O3. The normalized spacial score (nSPS) is 20.3. The van der Waals surface area contributed by atoms with Crippen molar-refractivity contribution in [3.63, 3.8) is 0 Å². The Labute approximate surface area is 151 Å². The van der Waals surface area contributed by atoms with Crippen LogP contribution in [0, 0.1) is 6.92 Å². The highest BCUT2D eigenvalue weighted by atomic mass is 16.5. The third kappa shape index (κ3) is 3.08. The van der Waals surface area contributed by atoms with Crippen molar-refractivity contribution in [2.24, 2.45) is 7.05 Å². The summed E-state index contributed by atoms with van der Waals surface area (Å²) in [5, 5.41) is 12.8. The standard InChI is InChI=1S/C18H21N5O3/c1-11-6-7-14(16(20-11)24-3)18-22-21-17(26-18)13-5-4-8-25-15(13)12-9-19-23(2)10-12/h6-7,9-10,13,15H,4-5,8H2,1-3H3/t13-,15+/m1/s1. The van der Waals surface area contributed by atoms with Gasteiger partial charge in [-0.3, -0.25) is 4.68 Å². The summed E-state index contributed by atoms with van der Waals surface area (Å²) >= 11 is 0. The second-order valence-electron chi connectivity index (χ2n) is 6.44. The smallest absolute Gasteiger partial charge is 0.253 e. The van der Waals surface area contributed by atoms with E-state index in [4.69, 9.17) is 13.9 Å². The fourth-order valence-corrected chi connectivity index (χ4v) is 3.29. The van der Waals surface area contributed by atoms with E-state index in [1.165, 1.54) is 0 Å². The SMILES string of the molecule is COc1nc(C)ccc1-c1nnc([C@@H]2CCCO[C@H]2c2cnn(C)c2)o1. The van der Waals surface area contributed by atoms with Crippen molar-refractivity contribution >= 4 is 0 Å². The maximum absolute atomic E-state index is 6.00. The summed E-state index contributed by atoms with van der Waals surface area (Å²) in [7, 11) is 3.47. The largest absolute Gasteiger partial charge is 0.480 e. The average Bonchev–Trinajstić information content (AvgIpc) is 3.31. The third-order valence-corrected chi connectivity index (χ3v) is 4.56. The Morgan fingerprint density at radius 1 is 1.27 bits per heavy atom. The number of nitrogens with zero attached hydrogens (tertiary/aromatic N) is 5. The zero-order valence-electron chi connectivity index (χ0n) is 15.0. The fourth-order valence-electron chi connectivity index (χ4n) is 3.29. The van der Waals surface area contributed by atoms with Crippen molar-refractivity contribution in [2.75, 3.05) is 13.7 Å². The first-order valence-electron chi connectivity index (χ1n) is 8.61. The van der Waals surface area contributed by atoms with E-state index in [1.54, 1.807) is 11.8 Å². The van der Waals surface area contributed by atoms with Crippen LogP contribution in [0.25, 0.3) is 11.5 Å². The number of methoxy groups -OCH3 is 1. The van der Waals surface area contributed by atoms with Gasteiger partial charge in [0.2, 0.25) is 11.8 Å². The van der Waals surface area contributed by atoms with Gasteiger partial charge < -0.3 is 13.9 Å². The minimum Gasteiger partial charge on any atom is -0.480 e. The molecule has 8 nitrogen and oxygen atoms in total. The number of ether oxygens (including phenoxy) is 2. The molecule has 8 heteroatoms. The van der Waals surface area contributed by atoms with Crippen LogP contribution in [0.3, 0.4) is 0 Å². The molecule has 0 aromatic carbocycles. The maximum atomic E-state index is 6.00. The fraction of sp³-hybridized carbons (Fsp3) is 0.444. The summed E-state index contributed by atoms with van der Waals surface area (Å²) in [5.41, 5.74) is 2.57. The van der Waals surface area contributed by atoms with Crippen LogP contribution < -0.4 is 4.74 Å². The van der Waals surface area contributed by atoms with E-state index in [0.717, 1.165) is 24.1 Å². The summed E-state index contributed by atoms with van der Waals surface area (Å²) in [6.45, 7) is 2.62. The van der Waals surface area contributed by atoms with Gasteiger partial charge in [-0.1, -0.05) is 0 Å². The first kappa shape index (κ1) is 16.7. The van der Waals surface area contributed by atoms with E-state index in [-0.39, 0.29) is 12.0 Å². The molecule has 0 unspecified atom stereocenters. The highest BCUT2D eigenvalue weighted by molar-refractivity contribution is 5.59. The number of rotatable bonds is 4. The molecule has 136 valence electrons. The van der Waals surface area contributed by atoms with Crippen molar-refractivity contribution in [3.8, 4) is 17.3 Å². The molecule has 0 bridgehead atoms. The highest BCUT2D eigenvalue weighted by Crippen LogP contribution is 2.41. The molecule has 3 aromatic heterocycles. The van der Waals surface area contributed by atoms with Crippen LogP contribution in [-0.4, -0.2) is 38.7 Å². The number of hydrogen-bond donors (Lipinski definition) is 0. The molecule has 3 aromatic rings. The molecule has 2 atom stereocenters. The number of aryl methyl sites for hydroxylation is 2. The van der Waals surface area contributed by atoms with E-state index in [1.807, 2.05) is 38.5 Å². The number of hydrogen-bond acceptors (Lipinski definition) is 7. The van der Waals surface area contributed by atoms with E-state index >= 15 is 0 Å². The highest BCUT2D eigenvalue weighted by Gasteiger charge is 2.34. The number of pyridine rings is 1. The Kier molecular flexibility index (Phi) is 4.42. The van der Waals surface area contributed by atoms with Gasteiger partial charge in [-0.15, -0.1) is 10.2 Å². The average molecular weight is 355 g/mol. The van der Waals surface area contributed by atoms with Gasteiger partial charge in [-0.25, -0.2) is 4.98 Å². The lowest BCUT2D eigenvalue weighted by Crippen LogP contribution is -2.21. The molecule has 0 aliphatic carbocycles. The molecule has 1 saturated heterocycles. The first-order chi connectivity index (χ1) is 12.7. The van der Waals surface area contributed by atoms with Crippen LogP contribution in [-0.2, 0) is 11.8 Å². The van der Waals surface area contributed by atoms with Crippen LogP contribution in [0.1, 0.15) is 42.0 Å². The van der Waals surface area contributed by atoms with E-state index in [2.05, 4.69) is 20.3 Å². The zero-order chi connectivity index (χ0) is 18.1. The van der Waals surface area contributed by atoms with Crippen LogP contribution in [0.5, 0.6) is 5.88 Å². The van der Waals surface area contributed by atoms with Crippen LogP contribution in [0.2, 0.25) is 0 Å². The van der Waals surface area contributed by atoms with Gasteiger partial charge in [-0.05, 0) is 31.9 Å². The summed E-state index contributed by atoms with van der Waals surface area (Å²) in [4.78, 5) is 4.37. The molecule has 4 heterocycles. The van der Waals surface area contributed by atoms with Gasteiger partial charge in [-0.2, -0.15) is 5.10 Å². The van der Waals surface area contributed by atoms with Crippen molar-refractivity contribution in [3.05, 3.63) is 41.7 Å². The molecular weight excluding hydrogens is 334 g/mol. The third-order valence-electron chi connectivity index (χ3n) is 4.56. The molecule has 0 spiro atoms. The van der Waals surface area contributed by atoms with Gasteiger partial charge in [0.15, 0.2) is 0 Å². The lowest BCUT2D eigenvalue weighted by molar-refractivity contribution is -0.00890.